The second-order valence-electron chi connectivity index (χ2n) is 10.1. The average Bonchev–Trinajstić information content (AvgIpc) is 3.49. The maximum atomic E-state index is 12.4. The van der Waals surface area contributed by atoms with E-state index in [2.05, 4.69) is 47.5 Å². The van der Waals surface area contributed by atoms with Crippen molar-refractivity contribution in [3.63, 3.8) is 0 Å². The van der Waals surface area contributed by atoms with Crippen LogP contribution in [-0.4, -0.2) is 77.5 Å². The highest BCUT2D eigenvalue weighted by molar-refractivity contribution is 7.09. The number of piperidine rings is 1. The largest absolute Gasteiger partial charge is 0.383 e. The van der Waals surface area contributed by atoms with Crippen LogP contribution < -0.4 is 5.32 Å². The topological polar surface area (TPSA) is 95.0 Å². The smallest absolute Gasteiger partial charge is 0.222 e. The quantitative estimate of drug-likeness (QED) is 0.188. The van der Waals surface area contributed by atoms with E-state index in [1.807, 2.05) is 38.0 Å². The average molecular weight is 605 g/mol. The van der Waals surface area contributed by atoms with Crippen molar-refractivity contribution in [2.24, 2.45) is 0 Å². The number of aromatic nitrogens is 1. The fourth-order valence-electron chi connectivity index (χ4n) is 4.85. The highest BCUT2D eigenvalue weighted by Crippen LogP contribution is 2.31. The highest BCUT2D eigenvalue weighted by Gasteiger charge is 2.26. The molecule has 1 fully saturated rings. The molecule has 238 valence electrons. The minimum atomic E-state index is -0.878. The van der Waals surface area contributed by atoms with Crippen molar-refractivity contribution in [1.82, 2.24) is 20.1 Å². The Morgan fingerprint density at radius 3 is 2.52 bits per heavy atom. The second kappa shape index (κ2) is 22.2. The Kier molecular flexibility index (Phi) is 20.0. The summed E-state index contributed by atoms with van der Waals surface area (Å²) in [5.41, 5.74) is 1.76. The zero-order valence-electron chi connectivity index (χ0n) is 27.1. The third-order valence-electron chi connectivity index (χ3n) is 6.97. The van der Waals surface area contributed by atoms with Crippen LogP contribution in [0.25, 0.3) is 0 Å². The van der Waals surface area contributed by atoms with Crippen LogP contribution in [0, 0.1) is 0 Å². The third kappa shape index (κ3) is 13.3. The Bertz CT molecular complexity index is 982. The molecule has 2 atom stereocenters. The van der Waals surface area contributed by atoms with Crippen LogP contribution >= 0.6 is 11.3 Å². The van der Waals surface area contributed by atoms with Crippen molar-refractivity contribution in [2.75, 3.05) is 39.9 Å². The van der Waals surface area contributed by atoms with Gasteiger partial charge in [-0.3, -0.25) is 10.1 Å². The number of nitrogens with one attached hydrogen (secondary N) is 1. The molecule has 2 N–H and O–H groups in total. The number of ketones is 1. The first-order valence-electron chi connectivity index (χ1n) is 15.9. The fourth-order valence-corrected chi connectivity index (χ4v) is 5.86. The van der Waals surface area contributed by atoms with Gasteiger partial charge in [0, 0.05) is 69.2 Å². The van der Waals surface area contributed by atoms with Gasteiger partial charge in [-0.2, -0.15) is 0 Å². The predicted octanol–water partition coefficient (Wildman–Crippen LogP) is 6.37. The Morgan fingerprint density at radius 2 is 1.88 bits per heavy atom. The van der Waals surface area contributed by atoms with Crippen LogP contribution in [0.4, 0.5) is 0 Å². The minimum Gasteiger partial charge on any atom is -0.383 e. The first-order chi connectivity index (χ1) is 20.4. The summed E-state index contributed by atoms with van der Waals surface area (Å²) in [6.07, 6.45) is 14.9. The van der Waals surface area contributed by atoms with Crippen molar-refractivity contribution < 1.29 is 19.4 Å². The molecule has 1 aliphatic heterocycles. The van der Waals surface area contributed by atoms with Crippen molar-refractivity contribution in [1.29, 1.82) is 0 Å². The van der Waals surface area contributed by atoms with Gasteiger partial charge in [0.25, 0.3) is 0 Å². The number of hydrogen-bond donors (Lipinski definition) is 2. The number of Topliss-reactive ketones (excluding diaryl/α,β-unsaturated/α-hetero) is 1. The van der Waals surface area contributed by atoms with Crippen molar-refractivity contribution in [2.45, 2.75) is 105 Å². The van der Waals surface area contributed by atoms with Crippen LogP contribution in [-0.2, 0) is 14.3 Å². The molecule has 3 rings (SSSR count). The van der Waals surface area contributed by atoms with E-state index in [9.17, 15) is 14.7 Å². The Balaban J connectivity index is 0.00000211. The van der Waals surface area contributed by atoms with E-state index in [1.54, 1.807) is 25.4 Å². The summed E-state index contributed by atoms with van der Waals surface area (Å²) in [5, 5.41) is 17.3. The van der Waals surface area contributed by atoms with Crippen LogP contribution in [0.1, 0.15) is 109 Å². The van der Waals surface area contributed by atoms with E-state index >= 15 is 0 Å². The number of amides is 1. The molecule has 0 saturated carbocycles. The molecule has 1 aromatic heterocycles. The number of ether oxygens (including phenoxy) is 1. The molecule has 8 nitrogen and oxygen atoms in total. The third-order valence-corrected chi connectivity index (χ3v) is 7.99. The molecule has 1 aromatic rings. The number of carbonyl (C=O) groups is 2. The summed E-state index contributed by atoms with van der Waals surface area (Å²) in [6, 6.07) is -0.130. The number of allylic oxidation sites excluding steroid dienone is 3. The summed E-state index contributed by atoms with van der Waals surface area (Å²) in [6.45, 7) is 15.6. The number of methoxy groups -OCH3 is 1. The number of aliphatic hydroxyl groups is 1. The first kappa shape index (κ1) is 37.7. The first-order valence-corrected chi connectivity index (χ1v) is 16.7. The van der Waals surface area contributed by atoms with Crippen molar-refractivity contribution >= 4 is 23.0 Å². The molecule has 2 heterocycles. The zero-order chi connectivity index (χ0) is 31.3. The molecule has 42 heavy (non-hydrogen) atoms. The molecule has 9 heteroatoms. The summed E-state index contributed by atoms with van der Waals surface area (Å²) in [4.78, 5) is 32.6. The van der Waals surface area contributed by atoms with Crippen molar-refractivity contribution in [3.05, 3.63) is 52.2 Å². The molecule has 1 aliphatic carbocycles. The molecule has 0 bridgehead atoms. The van der Waals surface area contributed by atoms with E-state index < -0.39 is 6.23 Å². The van der Waals surface area contributed by atoms with Gasteiger partial charge in [0.1, 0.15) is 12.0 Å². The molecule has 2 aliphatic rings. The maximum absolute atomic E-state index is 12.4. The molecule has 1 amide bonds. The normalized spacial score (nSPS) is 18.3. The predicted molar refractivity (Wildman–Crippen MR) is 175 cm³/mol. The zero-order valence-corrected chi connectivity index (χ0v) is 27.9. The molecular formula is C33H56N4O4S. The molecule has 1 saturated heterocycles. The number of nitrogens with zero attached hydrogens (tertiary/aromatic N) is 3. The van der Waals surface area contributed by atoms with E-state index in [-0.39, 0.29) is 17.7 Å². The van der Waals surface area contributed by atoms with E-state index in [0.717, 1.165) is 49.5 Å². The van der Waals surface area contributed by atoms with Gasteiger partial charge in [-0.05, 0) is 51.2 Å². The van der Waals surface area contributed by atoms with Crippen LogP contribution in [0.15, 0.2) is 41.5 Å². The molecule has 0 spiro atoms. The van der Waals surface area contributed by atoms with Gasteiger partial charge in [-0.1, -0.05) is 52.8 Å². The molecular weight excluding hydrogens is 548 g/mol. The maximum Gasteiger partial charge on any atom is 0.222 e. The Hall–Kier alpha value is -2.33. The van der Waals surface area contributed by atoms with E-state index in [0.29, 0.717) is 50.6 Å². The number of likely N-dealkylation sites (tertiary alicyclic amines) is 1. The van der Waals surface area contributed by atoms with Gasteiger partial charge in [0.15, 0.2) is 0 Å². The number of aliphatic hydroxyl groups excluding tert-OH is 1. The molecule has 0 radical (unpaired) electrons. The van der Waals surface area contributed by atoms with E-state index in [1.165, 1.54) is 0 Å². The van der Waals surface area contributed by atoms with Gasteiger partial charge < -0.3 is 24.4 Å². The van der Waals surface area contributed by atoms with Gasteiger partial charge >= 0.3 is 0 Å². The van der Waals surface area contributed by atoms with Crippen molar-refractivity contribution in [3.8, 4) is 0 Å². The number of rotatable bonds is 14. The summed E-state index contributed by atoms with van der Waals surface area (Å²) in [5.74, 6) is 0.564. The number of carbonyl (C=O) groups excluding carboxylic acids is 2. The molecule has 0 aromatic carbocycles. The minimum absolute atomic E-state index is 0.130. The highest BCUT2D eigenvalue weighted by atomic mass is 32.1. The SMILES string of the molecule is CC.CC.CCCN(CCOC)C1=CC(NC(O)c2csc(C3CCN(C(=O)CCCC(C)=O)CC3)n2)/C=C\CC=C1. The fraction of sp³-hybridized carbons (Fsp3) is 0.667. The Morgan fingerprint density at radius 1 is 1.17 bits per heavy atom. The summed E-state index contributed by atoms with van der Waals surface area (Å²) < 4.78 is 5.31. The Labute approximate surface area is 258 Å². The number of thiazole rings is 1. The van der Waals surface area contributed by atoms with Crippen LogP contribution in [0.2, 0.25) is 0 Å². The standard InChI is InChI=1S/C29H44N4O4S.2C2H6/c1-4-15-32(18-19-37-3)25-11-7-5-6-10-24(20-25)30-28(36)26-21-38-29(31-26)23-13-16-33(17-14-23)27(35)12-8-9-22(2)34;2*1-2/h6-7,10-11,20-21,23-24,28,30,36H,4-5,8-9,12-19H2,1-3H3;2*1-2H3/b10-6-,11-7?,25-20?;;. The van der Waals surface area contributed by atoms with Crippen LogP contribution in [0.5, 0.6) is 0 Å². The van der Waals surface area contributed by atoms with E-state index in [4.69, 9.17) is 9.72 Å². The van der Waals surface area contributed by atoms with Gasteiger partial charge in [0.05, 0.1) is 17.3 Å². The monoisotopic (exact) mass is 604 g/mol. The lowest BCUT2D eigenvalue weighted by Gasteiger charge is -2.31. The number of hydrogen-bond acceptors (Lipinski definition) is 8. The second-order valence-corrected chi connectivity index (χ2v) is 10.9. The van der Waals surface area contributed by atoms with Gasteiger partial charge in [0.2, 0.25) is 5.91 Å². The lowest BCUT2D eigenvalue weighted by Crippen LogP contribution is -2.37. The van der Waals surface area contributed by atoms with Gasteiger partial charge in [-0.25, -0.2) is 4.98 Å². The lowest BCUT2D eigenvalue weighted by atomic mass is 9.97. The van der Waals surface area contributed by atoms with Gasteiger partial charge in [-0.15, -0.1) is 11.3 Å². The lowest BCUT2D eigenvalue weighted by molar-refractivity contribution is -0.132. The summed E-state index contributed by atoms with van der Waals surface area (Å²) >= 11 is 1.58. The van der Waals surface area contributed by atoms with Crippen LogP contribution in [0.3, 0.4) is 0 Å². The molecule has 2 unspecified atom stereocenters. The summed E-state index contributed by atoms with van der Waals surface area (Å²) in [7, 11) is 1.72.